The number of carbonyl (C=O) groups is 1. The van der Waals surface area contributed by atoms with E-state index in [0.29, 0.717) is 12.8 Å². The Bertz CT molecular complexity index is 1150. The lowest BCUT2D eigenvalue weighted by atomic mass is 9.88. The number of hydrogen-bond donors (Lipinski definition) is 3. The molecule has 5 rings (SSSR count). The number of aromatic nitrogens is 5. The van der Waals surface area contributed by atoms with Crippen LogP contribution in [0.2, 0.25) is 0 Å². The van der Waals surface area contributed by atoms with Gasteiger partial charge < -0.3 is 10.4 Å². The maximum Gasteiger partial charge on any atom is 0.306 e. The van der Waals surface area contributed by atoms with Gasteiger partial charge in [-0.25, -0.2) is 15.0 Å². The van der Waals surface area contributed by atoms with Gasteiger partial charge in [-0.1, -0.05) is 0 Å². The van der Waals surface area contributed by atoms with Crippen LogP contribution < -0.4 is 5.32 Å². The molecule has 9 heteroatoms. The molecule has 0 bridgehead atoms. The minimum Gasteiger partial charge on any atom is -0.481 e. The van der Waals surface area contributed by atoms with Gasteiger partial charge in [0.1, 0.15) is 17.0 Å². The first-order valence-electron chi connectivity index (χ1n) is 8.23. The fourth-order valence-electron chi connectivity index (χ4n) is 3.46. The molecule has 0 saturated heterocycles. The molecule has 4 aromatic rings. The van der Waals surface area contributed by atoms with Gasteiger partial charge in [0.15, 0.2) is 5.65 Å². The van der Waals surface area contributed by atoms with E-state index in [9.17, 15) is 9.90 Å². The highest BCUT2D eigenvalue weighted by molar-refractivity contribution is 7.19. The van der Waals surface area contributed by atoms with Crippen molar-refractivity contribution in [3.05, 3.63) is 35.2 Å². The van der Waals surface area contributed by atoms with Gasteiger partial charge in [0.25, 0.3) is 0 Å². The van der Waals surface area contributed by atoms with Crippen molar-refractivity contribution in [3.63, 3.8) is 0 Å². The van der Waals surface area contributed by atoms with Crippen LogP contribution in [0.4, 0.5) is 11.5 Å². The zero-order valence-electron chi connectivity index (χ0n) is 13.6. The number of carboxylic acids is 1. The maximum absolute atomic E-state index is 11.3. The number of carboxylic acid groups (broad SMARTS) is 1. The van der Waals surface area contributed by atoms with E-state index in [1.54, 1.807) is 23.7 Å². The summed E-state index contributed by atoms with van der Waals surface area (Å²) >= 11 is 1.56. The number of H-pyrrole nitrogens is 1. The highest BCUT2D eigenvalue weighted by atomic mass is 32.1. The van der Waals surface area contributed by atoms with Crippen molar-refractivity contribution in [1.82, 2.24) is 25.1 Å². The van der Waals surface area contributed by atoms with Crippen LogP contribution in [0.15, 0.2) is 24.8 Å². The molecule has 0 unspecified atom stereocenters. The largest absolute Gasteiger partial charge is 0.481 e. The van der Waals surface area contributed by atoms with Crippen molar-refractivity contribution in [2.75, 3.05) is 5.32 Å². The monoisotopic (exact) mass is 366 g/mol. The standard InChI is InChI=1S/C17H14N6O2S/c24-17(25)8-1-2-11-12(4-8)26-16-13(11)15(19-7-20-16)22-10-3-9-5-21-23-14(9)18-6-10/h3,5-8H,1-2,4H2,(H,24,25)(H,18,21,23)(H,19,20,22)/t8-/m0/s1. The van der Waals surface area contributed by atoms with Gasteiger partial charge in [0.05, 0.1) is 29.4 Å². The Morgan fingerprint density at radius 2 is 2.23 bits per heavy atom. The smallest absolute Gasteiger partial charge is 0.306 e. The first-order valence-corrected chi connectivity index (χ1v) is 9.05. The number of anilines is 2. The minimum absolute atomic E-state index is 0.312. The molecule has 3 N–H and O–H groups in total. The molecule has 1 aliphatic carbocycles. The topological polar surface area (TPSA) is 117 Å². The van der Waals surface area contributed by atoms with Crippen LogP contribution in [-0.4, -0.2) is 36.2 Å². The number of fused-ring (bicyclic) bond motifs is 4. The number of thiophene rings is 1. The molecule has 4 heterocycles. The molecule has 1 atom stereocenters. The van der Waals surface area contributed by atoms with Crippen molar-refractivity contribution >= 4 is 50.1 Å². The number of nitrogens with zero attached hydrogens (tertiary/aromatic N) is 4. The van der Waals surface area contributed by atoms with Gasteiger partial charge in [-0.2, -0.15) is 5.10 Å². The Balaban J connectivity index is 1.57. The van der Waals surface area contributed by atoms with Crippen molar-refractivity contribution in [2.45, 2.75) is 19.3 Å². The molecular formula is C17H14N6O2S. The number of aromatic amines is 1. The number of nitrogens with one attached hydrogen (secondary N) is 2. The summed E-state index contributed by atoms with van der Waals surface area (Å²) in [6.07, 6.45) is 6.92. The maximum atomic E-state index is 11.3. The van der Waals surface area contributed by atoms with E-state index in [1.807, 2.05) is 6.07 Å². The quantitative estimate of drug-likeness (QED) is 0.510. The zero-order valence-corrected chi connectivity index (χ0v) is 14.4. The average molecular weight is 366 g/mol. The summed E-state index contributed by atoms with van der Waals surface area (Å²) in [6.45, 7) is 0. The number of hydrogen-bond acceptors (Lipinski definition) is 7. The van der Waals surface area contributed by atoms with Crippen molar-refractivity contribution in [3.8, 4) is 0 Å². The Hall–Kier alpha value is -3.07. The van der Waals surface area contributed by atoms with Crippen LogP contribution in [-0.2, 0) is 17.6 Å². The van der Waals surface area contributed by atoms with Crippen molar-refractivity contribution < 1.29 is 9.90 Å². The highest BCUT2D eigenvalue weighted by Gasteiger charge is 2.28. The van der Waals surface area contributed by atoms with E-state index in [0.717, 1.165) is 44.1 Å². The average Bonchev–Trinajstić information content (AvgIpc) is 3.25. The van der Waals surface area contributed by atoms with Gasteiger partial charge in [-0.05, 0) is 30.9 Å². The van der Waals surface area contributed by atoms with Crippen LogP contribution in [0.3, 0.4) is 0 Å². The number of pyridine rings is 1. The first-order chi connectivity index (χ1) is 12.7. The molecule has 0 saturated carbocycles. The van der Waals surface area contributed by atoms with E-state index in [4.69, 9.17) is 0 Å². The summed E-state index contributed by atoms with van der Waals surface area (Å²) in [5.74, 6) is -0.310. The second-order valence-corrected chi connectivity index (χ2v) is 7.42. The lowest BCUT2D eigenvalue weighted by molar-refractivity contribution is -0.142. The fraction of sp³-hybridized carbons (Fsp3) is 0.235. The van der Waals surface area contributed by atoms with Crippen molar-refractivity contribution in [2.24, 2.45) is 5.92 Å². The fourth-order valence-corrected chi connectivity index (χ4v) is 4.72. The predicted molar refractivity (Wildman–Crippen MR) is 97.7 cm³/mol. The summed E-state index contributed by atoms with van der Waals surface area (Å²) in [4.78, 5) is 26.5. The summed E-state index contributed by atoms with van der Waals surface area (Å²) in [5, 5.41) is 21.4. The number of aliphatic carboxylic acids is 1. The third-order valence-electron chi connectivity index (χ3n) is 4.75. The van der Waals surface area contributed by atoms with Crippen LogP contribution in [0, 0.1) is 5.92 Å². The summed E-state index contributed by atoms with van der Waals surface area (Å²) < 4.78 is 0. The first kappa shape index (κ1) is 15.2. The summed E-state index contributed by atoms with van der Waals surface area (Å²) in [6, 6.07) is 1.96. The predicted octanol–water partition coefficient (Wildman–Crippen LogP) is 2.90. The van der Waals surface area contributed by atoms with Crippen LogP contribution >= 0.6 is 11.3 Å². The van der Waals surface area contributed by atoms with Gasteiger partial charge in [-0.3, -0.25) is 9.89 Å². The molecular weight excluding hydrogens is 352 g/mol. The Morgan fingerprint density at radius 3 is 3.12 bits per heavy atom. The second-order valence-electron chi connectivity index (χ2n) is 6.34. The Morgan fingerprint density at radius 1 is 1.31 bits per heavy atom. The van der Waals surface area contributed by atoms with Crippen LogP contribution in [0.5, 0.6) is 0 Å². The summed E-state index contributed by atoms with van der Waals surface area (Å²) in [5.41, 5.74) is 2.72. The molecule has 4 aromatic heterocycles. The van der Waals surface area contributed by atoms with Crippen LogP contribution in [0.1, 0.15) is 16.9 Å². The molecule has 130 valence electrons. The van der Waals surface area contributed by atoms with E-state index < -0.39 is 5.97 Å². The summed E-state index contributed by atoms with van der Waals surface area (Å²) in [7, 11) is 0. The number of aryl methyl sites for hydroxylation is 1. The normalized spacial score (nSPS) is 16.7. The molecule has 0 spiro atoms. The lowest BCUT2D eigenvalue weighted by Gasteiger charge is -2.18. The molecule has 0 aliphatic heterocycles. The minimum atomic E-state index is -0.725. The number of rotatable bonds is 3. The highest BCUT2D eigenvalue weighted by Crippen LogP contribution is 2.40. The molecule has 8 nitrogen and oxygen atoms in total. The zero-order chi connectivity index (χ0) is 17.7. The third kappa shape index (κ3) is 2.39. The van der Waals surface area contributed by atoms with Crippen molar-refractivity contribution in [1.29, 1.82) is 0 Å². The van der Waals surface area contributed by atoms with E-state index in [2.05, 4.69) is 30.5 Å². The van der Waals surface area contributed by atoms with E-state index >= 15 is 0 Å². The molecule has 1 aliphatic rings. The second kappa shape index (κ2) is 5.73. The Labute approximate surface area is 151 Å². The van der Waals surface area contributed by atoms with Gasteiger partial charge in [-0.15, -0.1) is 11.3 Å². The molecule has 0 amide bonds. The van der Waals surface area contributed by atoms with E-state index in [1.165, 1.54) is 11.9 Å². The molecule has 0 fully saturated rings. The van der Waals surface area contributed by atoms with Gasteiger partial charge in [0.2, 0.25) is 0 Å². The molecule has 0 radical (unpaired) electrons. The SMILES string of the molecule is O=C(O)[C@H]1CCc2c(sc3ncnc(Nc4cnc5[nH]ncc5c4)c23)C1. The van der Waals surface area contributed by atoms with E-state index in [-0.39, 0.29) is 5.92 Å². The lowest BCUT2D eigenvalue weighted by Crippen LogP contribution is -2.21. The van der Waals surface area contributed by atoms with Gasteiger partial charge >= 0.3 is 5.97 Å². The molecule has 26 heavy (non-hydrogen) atoms. The third-order valence-corrected chi connectivity index (χ3v) is 5.91. The van der Waals surface area contributed by atoms with Crippen LogP contribution in [0.25, 0.3) is 21.3 Å². The van der Waals surface area contributed by atoms with Gasteiger partial charge in [0, 0.05) is 10.3 Å². The Kier molecular flexibility index (Phi) is 3.35. The molecule has 0 aromatic carbocycles.